The fourth-order valence-corrected chi connectivity index (χ4v) is 3.26. The van der Waals surface area contributed by atoms with Crippen molar-refractivity contribution in [1.29, 1.82) is 0 Å². The average Bonchev–Trinajstić information content (AvgIpc) is 2.51. The first-order valence-corrected chi connectivity index (χ1v) is 9.96. The minimum Gasteiger partial charge on any atom is -0.508 e. The van der Waals surface area contributed by atoms with Crippen molar-refractivity contribution in [3.05, 3.63) is 57.6 Å². The first-order valence-electron chi connectivity index (χ1n) is 9.96. The van der Waals surface area contributed by atoms with Crippen molar-refractivity contribution in [2.45, 2.75) is 86.5 Å². The van der Waals surface area contributed by atoms with Crippen molar-refractivity contribution in [2.75, 3.05) is 0 Å². The van der Waals surface area contributed by atoms with Gasteiger partial charge in [0.2, 0.25) is 0 Å². The standard InChI is InChI=1S/C23H32O2.C2H6/c1-14-9-20(24)18(22(3,4)5)12-16(14)11-17-13-19(23(6,7)8)21(25)10-15(17)2;1-2/h9-10,12-13,24-25H,11H2,1-8H3;1-2H3. The lowest BCUT2D eigenvalue weighted by atomic mass is 9.81. The summed E-state index contributed by atoms with van der Waals surface area (Å²) in [6.07, 6.45) is 0.796. The lowest BCUT2D eigenvalue weighted by Gasteiger charge is -2.24. The van der Waals surface area contributed by atoms with Crippen LogP contribution in [0.15, 0.2) is 24.3 Å². The second-order valence-electron chi connectivity index (χ2n) is 9.27. The quantitative estimate of drug-likeness (QED) is 0.602. The van der Waals surface area contributed by atoms with Gasteiger partial charge in [-0.05, 0) is 76.6 Å². The molecule has 0 heterocycles. The third-order valence-electron chi connectivity index (χ3n) is 4.91. The summed E-state index contributed by atoms with van der Waals surface area (Å²) in [5.41, 5.74) is 6.36. The molecule has 0 amide bonds. The van der Waals surface area contributed by atoms with Crippen molar-refractivity contribution < 1.29 is 10.2 Å². The maximum absolute atomic E-state index is 10.3. The van der Waals surface area contributed by atoms with Gasteiger partial charge in [-0.2, -0.15) is 0 Å². The summed E-state index contributed by atoms with van der Waals surface area (Å²) < 4.78 is 0. The van der Waals surface area contributed by atoms with Crippen molar-refractivity contribution in [2.24, 2.45) is 0 Å². The van der Waals surface area contributed by atoms with Gasteiger partial charge in [0.1, 0.15) is 11.5 Å². The van der Waals surface area contributed by atoms with Crippen LogP contribution in [0.25, 0.3) is 0 Å². The minimum atomic E-state index is -0.104. The van der Waals surface area contributed by atoms with Crippen LogP contribution in [0.1, 0.15) is 88.8 Å². The molecule has 0 unspecified atom stereocenters. The number of hydrogen-bond donors (Lipinski definition) is 2. The molecule has 0 spiro atoms. The molecule has 0 saturated heterocycles. The molecule has 2 heteroatoms. The highest BCUT2D eigenvalue weighted by Gasteiger charge is 2.22. The second-order valence-corrected chi connectivity index (χ2v) is 9.27. The largest absolute Gasteiger partial charge is 0.508 e. The molecular formula is C25H38O2. The predicted molar refractivity (Wildman–Crippen MR) is 117 cm³/mol. The zero-order valence-corrected chi connectivity index (χ0v) is 18.9. The third kappa shape index (κ3) is 5.51. The fraction of sp³-hybridized carbons (Fsp3) is 0.520. The van der Waals surface area contributed by atoms with Crippen molar-refractivity contribution in [3.8, 4) is 11.5 Å². The molecule has 0 radical (unpaired) electrons. The van der Waals surface area contributed by atoms with E-state index >= 15 is 0 Å². The molecule has 0 aliphatic heterocycles. The molecule has 0 aliphatic carbocycles. The van der Waals surface area contributed by atoms with Crippen LogP contribution in [0.3, 0.4) is 0 Å². The molecule has 27 heavy (non-hydrogen) atoms. The summed E-state index contributed by atoms with van der Waals surface area (Å²) in [6.45, 7) is 20.8. The predicted octanol–water partition coefficient (Wildman–Crippen LogP) is 6.93. The topological polar surface area (TPSA) is 40.5 Å². The summed E-state index contributed by atoms with van der Waals surface area (Å²) in [4.78, 5) is 0. The van der Waals surface area contributed by atoms with E-state index in [9.17, 15) is 10.2 Å². The Morgan fingerprint density at radius 2 is 0.926 bits per heavy atom. The van der Waals surface area contributed by atoms with Crippen LogP contribution in [0.4, 0.5) is 0 Å². The van der Waals surface area contributed by atoms with Crippen LogP contribution in [-0.2, 0) is 17.3 Å². The van der Waals surface area contributed by atoms with Gasteiger partial charge in [0, 0.05) is 0 Å². The van der Waals surface area contributed by atoms with E-state index in [1.807, 2.05) is 39.8 Å². The average molecular weight is 371 g/mol. The van der Waals surface area contributed by atoms with E-state index < -0.39 is 0 Å². The number of aromatic hydroxyl groups is 2. The van der Waals surface area contributed by atoms with Gasteiger partial charge >= 0.3 is 0 Å². The number of aryl methyl sites for hydroxylation is 2. The molecule has 0 bridgehead atoms. The molecule has 2 aromatic rings. The highest BCUT2D eigenvalue weighted by Crippen LogP contribution is 2.36. The van der Waals surface area contributed by atoms with Crippen LogP contribution in [0.2, 0.25) is 0 Å². The van der Waals surface area contributed by atoms with Crippen molar-refractivity contribution >= 4 is 0 Å². The van der Waals surface area contributed by atoms with E-state index in [-0.39, 0.29) is 10.8 Å². The molecule has 2 rings (SSSR count). The zero-order valence-electron chi connectivity index (χ0n) is 18.9. The minimum absolute atomic E-state index is 0.104. The molecule has 0 saturated carbocycles. The molecule has 150 valence electrons. The number of hydrogen-bond acceptors (Lipinski definition) is 2. The Labute approximate surface area is 166 Å². The normalized spacial score (nSPS) is 11.8. The van der Waals surface area contributed by atoms with E-state index in [2.05, 4.69) is 53.7 Å². The Balaban J connectivity index is 0.00000176. The van der Waals surface area contributed by atoms with E-state index in [4.69, 9.17) is 0 Å². The summed E-state index contributed by atoms with van der Waals surface area (Å²) in [7, 11) is 0. The van der Waals surface area contributed by atoms with Gasteiger partial charge < -0.3 is 10.2 Å². The summed E-state index contributed by atoms with van der Waals surface area (Å²) in [5, 5.41) is 20.7. The SMILES string of the molecule is CC.Cc1cc(O)c(C(C)(C)C)cc1Cc1cc(C(C)(C)C)c(O)cc1C. The first kappa shape index (κ1) is 23.1. The van der Waals surface area contributed by atoms with Gasteiger partial charge in [-0.1, -0.05) is 67.5 Å². The lowest BCUT2D eigenvalue weighted by molar-refractivity contribution is 0.445. The first-order chi connectivity index (χ1) is 12.3. The maximum atomic E-state index is 10.3. The highest BCUT2D eigenvalue weighted by atomic mass is 16.3. The van der Waals surface area contributed by atoms with Crippen LogP contribution in [0.5, 0.6) is 11.5 Å². The maximum Gasteiger partial charge on any atom is 0.119 e. The number of benzene rings is 2. The van der Waals surface area contributed by atoms with Crippen LogP contribution < -0.4 is 0 Å². The van der Waals surface area contributed by atoms with E-state index in [1.54, 1.807) is 0 Å². The van der Waals surface area contributed by atoms with Gasteiger partial charge in [-0.15, -0.1) is 0 Å². The van der Waals surface area contributed by atoms with Gasteiger partial charge in [-0.25, -0.2) is 0 Å². The van der Waals surface area contributed by atoms with E-state index in [1.165, 1.54) is 11.1 Å². The molecule has 0 aromatic heterocycles. The second kappa shape index (κ2) is 8.37. The highest BCUT2D eigenvalue weighted by molar-refractivity contribution is 5.50. The Morgan fingerprint density at radius 1 is 0.630 bits per heavy atom. The molecule has 0 atom stereocenters. The summed E-state index contributed by atoms with van der Waals surface area (Å²) >= 11 is 0. The molecule has 0 aliphatic rings. The number of phenols is 2. The van der Waals surface area contributed by atoms with E-state index in [0.717, 1.165) is 28.7 Å². The molecule has 2 N–H and O–H groups in total. The smallest absolute Gasteiger partial charge is 0.119 e. The van der Waals surface area contributed by atoms with E-state index in [0.29, 0.717) is 11.5 Å². The molecule has 2 nitrogen and oxygen atoms in total. The van der Waals surface area contributed by atoms with Gasteiger partial charge in [0.15, 0.2) is 0 Å². The Bertz CT molecular complexity index is 720. The monoisotopic (exact) mass is 370 g/mol. The molecule has 2 aromatic carbocycles. The van der Waals surface area contributed by atoms with Gasteiger partial charge in [0.25, 0.3) is 0 Å². The third-order valence-corrected chi connectivity index (χ3v) is 4.91. The van der Waals surface area contributed by atoms with Crippen LogP contribution >= 0.6 is 0 Å². The van der Waals surface area contributed by atoms with Gasteiger partial charge in [-0.3, -0.25) is 0 Å². The Morgan fingerprint density at radius 3 is 1.19 bits per heavy atom. The summed E-state index contributed by atoms with van der Waals surface area (Å²) in [6, 6.07) is 8.01. The molecule has 0 fully saturated rings. The van der Waals surface area contributed by atoms with Crippen molar-refractivity contribution in [3.63, 3.8) is 0 Å². The van der Waals surface area contributed by atoms with Crippen LogP contribution in [-0.4, -0.2) is 10.2 Å². The Hall–Kier alpha value is -1.96. The molecular weight excluding hydrogens is 332 g/mol. The van der Waals surface area contributed by atoms with Crippen molar-refractivity contribution in [1.82, 2.24) is 0 Å². The number of phenolic OH excluding ortho intramolecular Hbond substituents is 2. The zero-order chi connectivity index (χ0) is 21.2. The Kier molecular flexibility index (Phi) is 7.16. The van der Waals surface area contributed by atoms with Crippen LogP contribution in [0, 0.1) is 13.8 Å². The lowest BCUT2D eigenvalue weighted by Crippen LogP contribution is -2.13. The van der Waals surface area contributed by atoms with Gasteiger partial charge in [0.05, 0.1) is 0 Å². The number of rotatable bonds is 2. The summed E-state index contributed by atoms with van der Waals surface area (Å²) in [5.74, 6) is 0.734. The fourth-order valence-electron chi connectivity index (χ4n) is 3.26.